The number of rotatable bonds is 5. The summed E-state index contributed by atoms with van der Waals surface area (Å²) < 4.78 is 33.5. The quantitative estimate of drug-likeness (QED) is 0.437. The second-order valence-corrected chi connectivity index (χ2v) is 21.8. The molecule has 3 aliphatic rings. The Bertz CT molecular complexity index is 733. The van der Waals surface area contributed by atoms with Gasteiger partial charge in [-0.2, -0.15) is 0 Å². The molecule has 3 saturated heterocycles. The minimum atomic E-state index is -2.68. The maximum Gasteiger partial charge on any atom is 0.410 e. The average Bonchev–Trinajstić information content (AvgIpc) is 3.13. The molecule has 0 aromatic heterocycles. The highest BCUT2D eigenvalue weighted by Crippen LogP contribution is 2.47. The van der Waals surface area contributed by atoms with Crippen molar-refractivity contribution >= 4 is 23.2 Å². The van der Waals surface area contributed by atoms with Crippen LogP contribution in [-0.2, 0) is 22.4 Å². The van der Waals surface area contributed by atoms with Gasteiger partial charge in [0.25, 0.3) is 0 Å². The summed E-state index contributed by atoms with van der Waals surface area (Å²) in [5.41, 5.74) is 0.726. The Balaban J connectivity index is 1.82. The van der Waals surface area contributed by atoms with E-state index in [0.717, 1.165) is 13.1 Å². The molecule has 210 valence electrons. The predicted molar refractivity (Wildman–Crippen MR) is 147 cm³/mol. The SMILES string of the molecule is CC(C)[Si]1(C(C)C)OC[C@H]2OC[C@@H](N3CCN(C(=O)OC(C)(C)C)CC3)[C@@H]2O[Si](C(C)C)(C(C)C)O1. The topological polar surface area (TPSA) is 69.7 Å². The van der Waals surface area contributed by atoms with Crippen molar-refractivity contribution in [1.29, 1.82) is 0 Å². The zero-order valence-electron chi connectivity index (χ0n) is 24.6. The molecule has 3 atom stereocenters. The highest BCUT2D eigenvalue weighted by Gasteiger charge is 2.61. The largest absolute Gasteiger partial charge is 0.444 e. The maximum atomic E-state index is 12.6. The summed E-state index contributed by atoms with van der Waals surface area (Å²) in [7, 11) is -5.24. The Hall–Kier alpha value is -0.496. The molecule has 0 spiro atoms. The monoisotopic (exact) mass is 544 g/mol. The number of carbonyl (C=O) groups excluding carboxylic acids is 1. The molecule has 0 radical (unpaired) electrons. The van der Waals surface area contributed by atoms with E-state index in [1.54, 1.807) is 0 Å². The first kappa shape index (κ1) is 30.1. The standard InChI is InChI=1S/C26H52N2O6Si2/c1-18(2)35(19(3)4)31-17-23-24(33-36(34-35,20(5)6)21(7)8)22(16-30-23)27-12-14-28(15-13-27)25(29)32-26(9,10)11/h18-24H,12-17H2,1-11H3/t22-,23-,24+/m1/s1. The molecule has 0 unspecified atom stereocenters. The number of carbonyl (C=O) groups is 1. The Morgan fingerprint density at radius 1 is 0.833 bits per heavy atom. The molecule has 8 nitrogen and oxygen atoms in total. The number of hydrogen-bond donors (Lipinski definition) is 0. The van der Waals surface area contributed by atoms with E-state index < -0.39 is 22.7 Å². The van der Waals surface area contributed by atoms with Crippen LogP contribution in [0.2, 0.25) is 22.2 Å². The Morgan fingerprint density at radius 2 is 1.36 bits per heavy atom. The summed E-state index contributed by atoms with van der Waals surface area (Å²) >= 11 is 0. The molecule has 3 aliphatic heterocycles. The third-order valence-electron chi connectivity index (χ3n) is 7.99. The molecule has 0 bridgehead atoms. The van der Waals surface area contributed by atoms with Crippen LogP contribution < -0.4 is 0 Å². The third kappa shape index (κ3) is 6.05. The number of ether oxygens (including phenoxy) is 2. The molecule has 1 amide bonds. The molecular weight excluding hydrogens is 492 g/mol. The molecule has 0 N–H and O–H groups in total. The van der Waals surface area contributed by atoms with Gasteiger partial charge < -0.3 is 27.3 Å². The normalized spacial score (nSPS) is 29.5. The van der Waals surface area contributed by atoms with Crippen LogP contribution in [0.25, 0.3) is 0 Å². The number of piperazine rings is 1. The van der Waals surface area contributed by atoms with E-state index in [2.05, 4.69) is 60.3 Å². The number of amides is 1. The van der Waals surface area contributed by atoms with Gasteiger partial charge in [0, 0.05) is 26.2 Å². The van der Waals surface area contributed by atoms with Gasteiger partial charge in [0.05, 0.1) is 25.4 Å². The first-order chi connectivity index (χ1) is 16.6. The summed E-state index contributed by atoms with van der Waals surface area (Å²) in [4.78, 5) is 16.8. The van der Waals surface area contributed by atoms with Crippen molar-refractivity contribution in [2.24, 2.45) is 0 Å². The molecular formula is C26H52N2O6Si2. The summed E-state index contributed by atoms with van der Waals surface area (Å²) in [6.07, 6.45) is -0.432. The van der Waals surface area contributed by atoms with Gasteiger partial charge >= 0.3 is 23.2 Å². The minimum Gasteiger partial charge on any atom is -0.444 e. The summed E-state index contributed by atoms with van der Waals surface area (Å²) in [6.45, 7) is 27.7. The highest BCUT2D eigenvalue weighted by atomic mass is 28.5. The Morgan fingerprint density at radius 3 is 1.83 bits per heavy atom. The second-order valence-electron chi connectivity index (χ2n) is 13.0. The van der Waals surface area contributed by atoms with Crippen LogP contribution in [0.5, 0.6) is 0 Å². The molecule has 0 aromatic rings. The minimum absolute atomic E-state index is 0.0964. The van der Waals surface area contributed by atoms with Crippen molar-refractivity contribution in [1.82, 2.24) is 9.80 Å². The summed E-state index contributed by atoms with van der Waals surface area (Å²) in [5, 5.41) is 0. The lowest BCUT2D eigenvalue weighted by Crippen LogP contribution is -2.67. The summed E-state index contributed by atoms with van der Waals surface area (Å²) in [6, 6.07) is 0.125. The molecule has 3 rings (SSSR count). The van der Waals surface area contributed by atoms with Crippen molar-refractivity contribution in [2.45, 2.75) is 122 Å². The molecule has 36 heavy (non-hydrogen) atoms. The first-order valence-electron chi connectivity index (χ1n) is 14.0. The zero-order valence-corrected chi connectivity index (χ0v) is 26.6. The fourth-order valence-corrected chi connectivity index (χ4v) is 17.2. The van der Waals surface area contributed by atoms with Crippen LogP contribution in [0.1, 0.15) is 76.2 Å². The molecule has 3 heterocycles. The van der Waals surface area contributed by atoms with E-state index in [-0.39, 0.29) is 35.4 Å². The van der Waals surface area contributed by atoms with Gasteiger partial charge in [-0.15, -0.1) is 0 Å². The van der Waals surface area contributed by atoms with Crippen molar-refractivity contribution < 1.29 is 27.2 Å². The number of nitrogens with zero attached hydrogens (tertiary/aromatic N) is 2. The van der Waals surface area contributed by atoms with Crippen molar-refractivity contribution in [3.05, 3.63) is 0 Å². The van der Waals surface area contributed by atoms with Crippen LogP contribution in [0.4, 0.5) is 4.79 Å². The van der Waals surface area contributed by atoms with Crippen LogP contribution in [0, 0.1) is 0 Å². The lowest BCUT2D eigenvalue weighted by atomic mass is 10.1. The Kier molecular flexibility index (Phi) is 9.45. The van der Waals surface area contributed by atoms with E-state index in [4.69, 9.17) is 22.4 Å². The Labute approximate surface area is 221 Å². The van der Waals surface area contributed by atoms with Gasteiger partial charge in [-0.1, -0.05) is 55.4 Å². The number of hydrogen-bond acceptors (Lipinski definition) is 7. The van der Waals surface area contributed by atoms with Gasteiger partial charge in [0.1, 0.15) is 11.7 Å². The zero-order chi connectivity index (χ0) is 27.1. The fourth-order valence-electron chi connectivity index (χ4n) is 5.97. The van der Waals surface area contributed by atoms with E-state index >= 15 is 0 Å². The van der Waals surface area contributed by atoms with Gasteiger partial charge in [0.15, 0.2) is 0 Å². The lowest BCUT2D eigenvalue weighted by molar-refractivity contribution is -0.0295. The average molecular weight is 545 g/mol. The van der Waals surface area contributed by atoms with Crippen LogP contribution >= 0.6 is 0 Å². The third-order valence-corrected chi connectivity index (χ3v) is 18.2. The van der Waals surface area contributed by atoms with Gasteiger partial charge in [-0.3, -0.25) is 4.90 Å². The van der Waals surface area contributed by atoms with E-state index in [1.807, 2.05) is 25.7 Å². The molecule has 0 saturated carbocycles. The molecule has 10 heteroatoms. The van der Waals surface area contributed by atoms with E-state index in [1.165, 1.54) is 0 Å². The van der Waals surface area contributed by atoms with Gasteiger partial charge in [-0.05, 0) is 42.9 Å². The van der Waals surface area contributed by atoms with Crippen molar-refractivity contribution in [3.63, 3.8) is 0 Å². The smallest absolute Gasteiger partial charge is 0.410 e. The predicted octanol–water partition coefficient (Wildman–Crippen LogP) is 5.26. The number of fused-ring (bicyclic) bond motifs is 1. The molecule has 0 aliphatic carbocycles. The lowest BCUT2D eigenvalue weighted by Gasteiger charge is -2.52. The van der Waals surface area contributed by atoms with E-state index in [9.17, 15) is 4.79 Å². The van der Waals surface area contributed by atoms with Gasteiger partial charge in [0.2, 0.25) is 0 Å². The van der Waals surface area contributed by atoms with Crippen LogP contribution in [-0.4, -0.2) is 96.3 Å². The van der Waals surface area contributed by atoms with Crippen molar-refractivity contribution in [2.75, 3.05) is 39.4 Å². The van der Waals surface area contributed by atoms with Crippen LogP contribution in [0.15, 0.2) is 0 Å². The van der Waals surface area contributed by atoms with Crippen molar-refractivity contribution in [3.8, 4) is 0 Å². The first-order valence-corrected chi connectivity index (χ1v) is 17.9. The second kappa shape index (κ2) is 11.3. The fraction of sp³-hybridized carbons (Fsp3) is 0.962. The molecule has 3 fully saturated rings. The maximum absolute atomic E-state index is 12.6. The van der Waals surface area contributed by atoms with Gasteiger partial charge in [-0.25, -0.2) is 4.79 Å². The van der Waals surface area contributed by atoms with Crippen LogP contribution in [0.3, 0.4) is 0 Å². The van der Waals surface area contributed by atoms with E-state index in [0.29, 0.717) is 37.4 Å². The summed E-state index contributed by atoms with van der Waals surface area (Å²) in [5.74, 6) is 0. The highest BCUT2D eigenvalue weighted by molar-refractivity contribution is 6.84. The molecule has 0 aromatic carbocycles.